The summed E-state index contributed by atoms with van der Waals surface area (Å²) in [6, 6.07) is 0. The van der Waals surface area contributed by atoms with Crippen LogP contribution in [0.1, 0.15) is 12.0 Å². The molecule has 1 aromatic heterocycles. The number of rotatable bonds is 3. The predicted octanol–water partition coefficient (Wildman–Crippen LogP) is -1.65. The Balaban J connectivity index is 3.41. The van der Waals surface area contributed by atoms with Crippen molar-refractivity contribution in [1.82, 2.24) is 9.55 Å². The zero-order chi connectivity index (χ0) is 12.5. The average Bonchev–Trinajstić information content (AvgIpc) is 2.13. The van der Waals surface area contributed by atoms with E-state index < -0.39 is 40.8 Å². The van der Waals surface area contributed by atoms with Gasteiger partial charge in [0.2, 0.25) is 0 Å². The molecule has 0 unspecified atom stereocenters. The highest BCUT2D eigenvalue weighted by atomic mass is 16.4. The molecule has 5 N–H and O–H groups in total. The summed E-state index contributed by atoms with van der Waals surface area (Å²) in [5.41, 5.74) is -2.53. The zero-order valence-corrected chi connectivity index (χ0v) is 8.33. The van der Waals surface area contributed by atoms with E-state index in [2.05, 4.69) is 0 Å². The fourth-order valence-corrected chi connectivity index (χ4v) is 1.14. The Hall–Kier alpha value is -2.38. The van der Waals surface area contributed by atoms with Crippen molar-refractivity contribution in [3.8, 4) is 5.88 Å². The lowest BCUT2D eigenvalue weighted by molar-refractivity contribution is -0.135. The number of aromatic amines is 1. The molecule has 0 aromatic carbocycles. The first-order valence-corrected chi connectivity index (χ1v) is 4.19. The van der Waals surface area contributed by atoms with Gasteiger partial charge in [0.1, 0.15) is 0 Å². The third kappa shape index (κ3) is 2.00. The summed E-state index contributed by atoms with van der Waals surface area (Å²) in [7, 11) is 1.18. The lowest BCUT2D eigenvalue weighted by Crippen LogP contribution is -2.36. The number of aromatic nitrogens is 2. The zero-order valence-electron chi connectivity index (χ0n) is 8.33. The van der Waals surface area contributed by atoms with Crippen molar-refractivity contribution >= 4 is 11.7 Å². The van der Waals surface area contributed by atoms with Gasteiger partial charge in [-0.25, -0.2) is 9.78 Å². The Morgan fingerprint density at radius 2 is 2.12 bits per heavy atom. The van der Waals surface area contributed by atoms with Crippen molar-refractivity contribution in [2.45, 2.75) is 6.42 Å². The van der Waals surface area contributed by atoms with E-state index in [4.69, 9.17) is 15.6 Å². The van der Waals surface area contributed by atoms with Crippen molar-refractivity contribution < 1.29 is 15.0 Å². The van der Waals surface area contributed by atoms with E-state index in [0.29, 0.717) is 4.57 Å². The van der Waals surface area contributed by atoms with Crippen LogP contribution < -0.4 is 11.2 Å². The van der Waals surface area contributed by atoms with Crippen LogP contribution in [0, 0.1) is 5.41 Å². The van der Waals surface area contributed by atoms with Gasteiger partial charge in [-0.2, -0.15) is 0 Å². The largest absolute Gasteiger partial charge is 0.579 e. The SMILES string of the molecule is Cn1c(=O)[nH]c([OH2+])c(C(=N)CC(=O)O)c1=O. The third-order valence-corrected chi connectivity index (χ3v) is 1.93. The second-order valence-electron chi connectivity index (χ2n) is 3.09. The maximum atomic E-state index is 11.5. The Morgan fingerprint density at radius 1 is 1.56 bits per heavy atom. The minimum absolute atomic E-state index is 0.399. The smallest absolute Gasteiger partial charge is 0.353 e. The van der Waals surface area contributed by atoms with Crippen LogP contribution in [0.3, 0.4) is 0 Å². The first-order chi connectivity index (χ1) is 7.34. The van der Waals surface area contributed by atoms with E-state index in [1.165, 1.54) is 7.05 Å². The molecule has 0 amide bonds. The van der Waals surface area contributed by atoms with E-state index in [0.717, 1.165) is 0 Å². The number of nitrogens with zero attached hydrogens (tertiary/aromatic N) is 1. The Kier molecular flexibility index (Phi) is 2.93. The standard InChI is InChI=1S/C8H9N3O5/c1-11-7(15)5(3(9)2-4(12)13)6(14)10-8(11)16/h9,14H,2H2,1H3,(H,10,16)(H,12,13)/p+1. The van der Waals surface area contributed by atoms with Crippen LogP contribution in [-0.4, -0.2) is 31.4 Å². The number of H-pyrrole nitrogens is 1. The molecule has 0 aliphatic heterocycles. The summed E-state index contributed by atoms with van der Waals surface area (Å²) in [5.74, 6) is -1.82. The highest BCUT2D eigenvalue weighted by Crippen LogP contribution is 2.08. The highest BCUT2D eigenvalue weighted by molar-refractivity contribution is 6.08. The van der Waals surface area contributed by atoms with Crippen LogP contribution in [-0.2, 0) is 11.8 Å². The van der Waals surface area contributed by atoms with Gasteiger partial charge in [0.05, 0.1) is 12.1 Å². The minimum Gasteiger partial charge on any atom is -0.579 e. The summed E-state index contributed by atoms with van der Waals surface area (Å²) in [6.07, 6.45) is -0.673. The van der Waals surface area contributed by atoms with Crippen LogP contribution in [0.15, 0.2) is 9.59 Å². The monoisotopic (exact) mass is 228 g/mol. The topological polar surface area (TPSA) is 139 Å². The Bertz CT molecular complexity index is 568. The van der Waals surface area contributed by atoms with Crippen LogP contribution in [0.5, 0.6) is 5.88 Å². The van der Waals surface area contributed by atoms with Crippen LogP contribution >= 0.6 is 0 Å². The summed E-state index contributed by atoms with van der Waals surface area (Å²) in [5, 5.41) is 23.2. The molecule has 0 spiro atoms. The van der Waals surface area contributed by atoms with Gasteiger partial charge in [0, 0.05) is 7.05 Å². The van der Waals surface area contributed by atoms with Crippen molar-refractivity contribution in [3.05, 3.63) is 26.4 Å². The number of carbonyl (C=O) groups is 1. The summed E-state index contributed by atoms with van der Waals surface area (Å²) < 4.78 is 0.684. The number of carboxylic acids is 1. The maximum Gasteiger partial charge on any atom is 0.353 e. The fraction of sp³-hybridized carbons (Fsp3) is 0.250. The first-order valence-electron chi connectivity index (χ1n) is 4.19. The highest BCUT2D eigenvalue weighted by Gasteiger charge is 2.21. The van der Waals surface area contributed by atoms with Gasteiger partial charge >= 0.3 is 17.5 Å². The molecule has 0 fully saturated rings. The minimum atomic E-state index is -1.28. The molecule has 1 aromatic rings. The molecule has 86 valence electrons. The average molecular weight is 228 g/mol. The molecule has 0 atom stereocenters. The molecule has 8 nitrogen and oxygen atoms in total. The van der Waals surface area contributed by atoms with Crippen molar-refractivity contribution in [2.75, 3.05) is 0 Å². The van der Waals surface area contributed by atoms with Gasteiger partial charge in [-0.15, -0.1) is 0 Å². The molecule has 0 aliphatic carbocycles. The van der Waals surface area contributed by atoms with E-state index in [1.54, 1.807) is 0 Å². The summed E-state index contributed by atoms with van der Waals surface area (Å²) in [4.78, 5) is 35.0. The molecule has 8 heteroatoms. The van der Waals surface area contributed by atoms with Gasteiger partial charge in [-0.1, -0.05) is 0 Å². The van der Waals surface area contributed by atoms with Gasteiger partial charge in [-0.05, 0) is 0 Å². The van der Waals surface area contributed by atoms with Crippen molar-refractivity contribution in [1.29, 1.82) is 5.41 Å². The van der Waals surface area contributed by atoms with Gasteiger partial charge < -0.3 is 15.6 Å². The number of hydrogen-bond donors (Lipinski definition) is 3. The molecular formula is C8H10N3O5+. The van der Waals surface area contributed by atoms with Gasteiger partial charge in [0.25, 0.3) is 5.56 Å². The molecule has 0 bridgehead atoms. The fourth-order valence-electron chi connectivity index (χ4n) is 1.14. The van der Waals surface area contributed by atoms with Crippen LogP contribution in [0.2, 0.25) is 0 Å². The summed E-state index contributed by atoms with van der Waals surface area (Å²) in [6.45, 7) is 0. The Labute approximate surface area is 88.3 Å². The molecule has 16 heavy (non-hydrogen) atoms. The third-order valence-electron chi connectivity index (χ3n) is 1.93. The van der Waals surface area contributed by atoms with Crippen LogP contribution in [0.4, 0.5) is 0 Å². The second-order valence-corrected chi connectivity index (χ2v) is 3.09. The van der Waals surface area contributed by atoms with Gasteiger partial charge in [0.15, 0.2) is 5.56 Å². The molecule has 0 aliphatic rings. The van der Waals surface area contributed by atoms with Crippen molar-refractivity contribution in [2.24, 2.45) is 7.05 Å². The van der Waals surface area contributed by atoms with E-state index in [9.17, 15) is 14.4 Å². The molecule has 1 rings (SSSR count). The number of carboxylic acid groups (broad SMARTS) is 1. The maximum absolute atomic E-state index is 11.5. The predicted molar refractivity (Wildman–Crippen MR) is 54.4 cm³/mol. The molecule has 1 heterocycles. The normalized spacial score (nSPS) is 10.1. The number of nitrogens with one attached hydrogen (secondary N) is 2. The molecule has 0 radical (unpaired) electrons. The Morgan fingerprint density at radius 3 is 2.62 bits per heavy atom. The lowest BCUT2D eigenvalue weighted by Gasteiger charge is -2.02. The summed E-state index contributed by atoms with van der Waals surface area (Å²) >= 11 is 0. The molecule has 0 saturated heterocycles. The van der Waals surface area contributed by atoms with Gasteiger partial charge in [-0.3, -0.25) is 14.2 Å². The first kappa shape index (κ1) is 11.7. The van der Waals surface area contributed by atoms with E-state index in [1.807, 2.05) is 4.98 Å². The van der Waals surface area contributed by atoms with E-state index in [-0.39, 0.29) is 0 Å². The lowest BCUT2D eigenvalue weighted by atomic mass is 10.1. The second kappa shape index (κ2) is 4.01. The molecule has 0 saturated carbocycles. The number of hydrogen-bond acceptors (Lipinski definition) is 4. The quantitative estimate of drug-likeness (QED) is 0.421. The molecular weight excluding hydrogens is 218 g/mol. The number of aliphatic carboxylic acids is 1. The van der Waals surface area contributed by atoms with E-state index >= 15 is 0 Å². The van der Waals surface area contributed by atoms with Crippen molar-refractivity contribution in [3.63, 3.8) is 0 Å². The van der Waals surface area contributed by atoms with Crippen LogP contribution in [0.25, 0.3) is 0 Å².